The third-order valence-electron chi connectivity index (χ3n) is 4.93. The van der Waals surface area contributed by atoms with Crippen LogP contribution in [0, 0.1) is 5.82 Å². The minimum atomic E-state index is -0.253. The van der Waals surface area contributed by atoms with Gasteiger partial charge in [-0.25, -0.2) is 4.39 Å². The van der Waals surface area contributed by atoms with Crippen LogP contribution in [-0.2, 0) is 0 Å². The Morgan fingerprint density at radius 1 is 0.962 bits per heavy atom. The Balaban J connectivity index is 1.83. The van der Waals surface area contributed by atoms with Crippen molar-refractivity contribution < 1.29 is 19.0 Å². The van der Waals surface area contributed by atoms with E-state index in [2.05, 4.69) is 0 Å². The second-order valence-electron chi connectivity index (χ2n) is 6.44. The van der Waals surface area contributed by atoms with Crippen molar-refractivity contribution >= 4 is 0 Å². The number of hydrogen-bond donors (Lipinski definition) is 1. The second-order valence-corrected chi connectivity index (χ2v) is 6.44. The van der Waals surface area contributed by atoms with Crippen LogP contribution >= 0.6 is 0 Å². The number of ether oxygens (including phenoxy) is 2. The summed E-state index contributed by atoms with van der Waals surface area (Å²) in [6.07, 6.45) is 0. The van der Waals surface area contributed by atoms with Gasteiger partial charge in [-0.15, -0.1) is 0 Å². The highest BCUT2D eigenvalue weighted by molar-refractivity contribution is 5.51. The molecule has 0 aliphatic carbocycles. The van der Waals surface area contributed by atoms with Crippen LogP contribution in [-0.4, -0.2) is 18.8 Å². The summed E-state index contributed by atoms with van der Waals surface area (Å²) in [5.41, 5.74) is 3.15. The molecule has 2 unspecified atom stereocenters. The van der Waals surface area contributed by atoms with Crippen LogP contribution in [0.1, 0.15) is 28.5 Å². The van der Waals surface area contributed by atoms with Crippen molar-refractivity contribution in [2.24, 2.45) is 0 Å². The summed E-state index contributed by atoms with van der Waals surface area (Å²) in [7, 11) is 1.63. The van der Waals surface area contributed by atoms with Crippen molar-refractivity contribution in [3.05, 3.63) is 89.2 Å². The summed E-state index contributed by atoms with van der Waals surface area (Å²) in [6.45, 7) is 0.483. The fourth-order valence-corrected chi connectivity index (χ4v) is 3.61. The molecule has 2 atom stereocenters. The SMILES string of the molecule is COc1ccc2c(c1)OCC(c1ccc(F)cc1)C2c1ccc(O)cc1. The van der Waals surface area contributed by atoms with E-state index >= 15 is 0 Å². The van der Waals surface area contributed by atoms with Crippen molar-refractivity contribution in [1.82, 2.24) is 0 Å². The van der Waals surface area contributed by atoms with Crippen LogP contribution < -0.4 is 9.47 Å². The average molecular weight is 350 g/mol. The lowest BCUT2D eigenvalue weighted by Gasteiger charge is -2.34. The average Bonchev–Trinajstić information content (AvgIpc) is 2.68. The Morgan fingerprint density at radius 2 is 1.65 bits per heavy atom. The summed E-state index contributed by atoms with van der Waals surface area (Å²) in [5.74, 6) is 1.59. The van der Waals surface area contributed by atoms with Gasteiger partial charge in [-0.05, 0) is 41.5 Å². The lowest BCUT2D eigenvalue weighted by molar-refractivity contribution is 0.247. The van der Waals surface area contributed by atoms with E-state index in [9.17, 15) is 9.50 Å². The van der Waals surface area contributed by atoms with E-state index in [-0.39, 0.29) is 23.4 Å². The number of rotatable bonds is 3. The Morgan fingerprint density at radius 3 is 2.35 bits per heavy atom. The van der Waals surface area contributed by atoms with Gasteiger partial charge in [-0.2, -0.15) is 0 Å². The predicted molar refractivity (Wildman–Crippen MR) is 97.6 cm³/mol. The molecule has 26 heavy (non-hydrogen) atoms. The van der Waals surface area contributed by atoms with E-state index in [1.165, 1.54) is 12.1 Å². The summed E-state index contributed by atoms with van der Waals surface area (Å²) in [6, 6.07) is 19.6. The van der Waals surface area contributed by atoms with Crippen molar-refractivity contribution in [3.8, 4) is 17.2 Å². The highest BCUT2D eigenvalue weighted by Gasteiger charge is 2.33. The lowest BCUT2D eigenvalue weighted by Crippen LogP contribution is -2.25. The maximum Gasteiger partial charge on any atom is 0.126 e. The summed E-state index contributed by atoms with van der Waals surface area (Å²) < 4.78 is 24.7. The molecule has 4 heteroatoms. The molecule has 132 valence electrons. The maximum atomic E-state index is 13.4. The third kappa shape index (κ3) is 2.99. The van der Waals surface area contributed by atoms with Crippen LogP contribution in [0.25, 0.3) is 0 Å². The molecule has 1 heterocycles. The number of fused-ring (bicyclic) bond motifs is 1. The molecule has 0 fully saturated rings. The standard InChI is InChI=1S/C22H19FO3/c1-25-18-10-11-19-21(12-18)26-13-20(14-2-6-16(23)7-3-14)22(19)15-4-8-17(24)9-5-15/h2-12,20,22,24H,13H2,1H3. The van der Waals surface area contributed by atoms with Gasteiger partial charge in [0.25, 0.3) is 0 Å². The van der Waals surface area contributed by atoms with Crippen LogP contribution in [0.15, 0.2) is 66.7 Å². The van der Waals surface area contributed by atoms with Gasteiger partial charge in [0.2, 0.25) is 0 Å². The molecule has 0 spiro atoms. The van der Waals surface area contributed by atoms with Crippen LogP contribution in [0.5, 0.6) is 17.2 Å². The van der Waals surface area contributed by atoms with Gasteiger partial charge in [-0.1, -0.05) is 30.3 Å². The number of aromatic hydroxyl groups is 1. The highest BCUT2D eigenvalue weighted by Crippen LogP contribution is 2.47. The lowest BCUT2D eigenvalue weighted by atomic mass is 9.76. The molecule has 0 saturated carbocycles. The Labute approximate surface area is 151 Å². The molecular weight excluding hydrogens is 331 g/mol. The Hall–Kier alpha value is -3.01. The maximum absolute atomic E-state index is 13.4. The third-order valence-corrected chi connectivity index (χ3v) is 4.93. The number of benzene rings is 3. The first-order valence-corrected chi connectivity index (χ1v) is 8.51. The van der Waals surface area contributed by atoms with Gasteiger partial charge in [0.1, 0.15) is 23.1 Å². The fourth-order valence-electron chi connectivity index (χ4n) is 3.61. The van der Waals surface area contributed by atoms with Crippen LogP contribution in [0.4, 0.5) is 4.39 Å². The second kappa shape index (κ2) is 6.71. The van der Waals surface area contributed by atoms with Gasteiger partial charge in [-0.3, -0.25) is 0 Å². The predicted octanol–water partition coefficient (Wildman–Crippen LogP) is 4.85. The van der Waals surface area contributed by atoms with E-state index in [1.807, 2.05) is 42.5 Å². The van der Waals surface area contributed by atoms with Crippen molar-refractivity contribution in [2.75, 3.05) is 13.7 Å². The molecule has 0 saturated heterocycles. The first kappa shape index (κ1) is 16.5. The summed E-state index contributed by atoms with van der Waals surface area (Å²) >= 11 is 0. The Bertz CT molecular complexity index is 904. The van der Waals surface area contributed by atoms with E-state index in [4.69, 9.17) is 9.47 Å². The van der Waals surface area contributed by atoms with Crippen molar-refractivity contribution in [3.63, 3.8) is 0 Å². The first-order valence-electron chi connectivity index (χ1n) is 8.51. The number of methoxy groups -OCH3 is 1. The molecule has 0 amide bonds. The van der Waals surface area contributed by atoms with Crippen LogP contribution in [0.2, 0.25) is 0 Å². The molecule has 1 N–H and O–H groups in total. The van der Waals surface area contributed by atoms with Gasteiger partial charge >= 0.3 is 0 Å². The quantitative estimate of drug-likeness (QED) is 0.734. The zero-order valence-electron chi connectivity index (χ0n) is 14.4. The largest absolute Gasteiger partial charge is 0.508 e. The number of phenols is 1. The molecule has 1 aliphatic rings. The minimum Gasteiger partial charge on any atom is -0.508 e. The number of halogens is 1. The number of phenolic OH excluding ortho intramolecular Hbond substituents is 1. The van der Waals surface area contributed by atoms with Gasteiger partial charge in [0, 0.05) is 23.5 Å². The van der Waals surface area contributed by atoms with Gasteiger partial charge in [0.05, 0.1) is 13.7 Å². The topological polar surface area (TPSA) is 38.7 Å². The minimum absolute atomic E-state index is 0.0377. The molecule has 3 aromatic rings. The molecule has 0 radical (unpaired) electrons. The monoisotopic (exact) mass is 350 g/mol. The van der Waals surface area contributed by atoms with E-state index < -0.39 is 0 Å². The molecule has 1 aliphatic heterocycles. The van der Waals surface area contributed by atoms with Crippen molar-refractivity contribution in [1.29, 1.82) is 0 Å². The Kier molecular flexibility index (Phi) is 4.25. The fraction of sp³-hybridized carbons (Fsp3) is 0.182. The van der Waals surface area contributed by atoms with Crippen molar-refractivity contribution in [2.45, 2.75) is 11.8 Å². The van der Waals surface area contributed by atoms with Gasteiger partial charge < -0.3 is 14.6 Å². The molecule has 3 aromatic carbocycles. The summed E-state index contributed by atoms with van der Waals surface area (Å²) in [5, 5.41) is 9.65. The van der Waals surface area contributed by atoms with E-state index in [0.29, 0.717) is 6.61 Å². The van der Waals surface area contributed by atoms with Crippen LogP contribution in [0.3, 0.4) is 0 Å². The highest BCUT2D eigenvalue weighted by atomic mass is 19.1. The zero-order chi connectivity index (χ0) is 18.1. The molecule has 0 bridgehead atoms. The molecule has 4 rings (SSSR count). The smallest absolute Gasteiger partial charge is 0.126 e. The van der Waals surface area contributed by atoms with E-state index in [1.54, 1.807) is 19.2 Å². The summed E-state index contributed by atoms with van der Waals surface area (Å²) in [4.78, 5) is 0. The molecular formula is C22H19FO3. The normalized spacial score (nSPS) is 18.7. The molecule has 0 aromatic heterocycles. The van der Waals surface area contributed by atoms with E-state index in [0.717, 1.165) is 28.2 Å². The zero-order valence-corrected chi connectivity index (χ0v) is 14.4. The first-order chi connectivity index (χ1) is 12.7. The number of hydrogen-bond acceptors (Lipinski definition) is 3. The van der Waals surface area contributed by atoms with Gasteiger partial charge in [0.15, 0.2) is 0 Å². The molecule has 3 nitrogen and oxygen atoms in total.